The maximum atomic E-state index is 14.9. The van der Waals surface area contributed by atoms with E-state index in [0.717, 1.165) is 47.3 Å². The van der Waals surface area contributed by atoms with Crippen molar-refractivity contribution in [2.45, 2.75) is 58.7 Å². The normalized spacial score (nSPS) is 11.7. The molecule has 7 nitrogen and oxygen atoms in total. The van der Waals surface area contributed by atoms with Crippen LogP contribution in [0.2, 0.25) is 0 Å². The van der Waals surface area contributed by atoms with Crippen molar-refractivity contribution in [2.24, 2.45) is 0 Å². The number of benzene rings is 3. The molecule has 0 fully saturated rings. The molecule has 0 aromatic heterocycles. The first-order valence-corrected chi connectivity index (χ1v) is 14.9. The van der Waals surface area contributed by atoms with Crippen molar-refractivity contribution in [1.82, 2.24) is 0 Å². The molecule has 0 aliphatic heterocycles. The van der Waals surface area contributed by atoms with E-state index in [4.69, 9.17) is 24.1 Å². The van der Waals surface area contributed by atoms with Gasteiger partial charge in [0.25, 0.3) is 0 Å². The molecule has 3 aromatic carbocycles. The molecule has 0 radical (unpaired) electrons. The van der Waals surface area contributed by atoms with E-state index in [9.17, 15) is 14.3 Å². The number of carbonyl (C=O) groups excluding carboxylic acids is 1. The fraction of sp³-hybridized carbons (Fsp3) is 0.400. The third-order valence-corrected chi connectivity index (χ3v) is 6.85. The molecule has 0 aliphatic carbocycles. The van der Waals surface area contributed by atoms with Gasteiger partial charge in [0.15, 0.2) is 17.9 Å². The van der Waals surface area contributed by atoms with Crippen LogP contribution in [0.4, 0.5) is 4.39 Å². The molecule has 0 heterocycles. The number of esters is 1. The van der Waals surface area contributed by atoms with E-state index in [0.29, 0.717) is 13.2 Å². The second-order valence-corrected chi connectivity index (χ2v) is 10.3. The topological polar surface area (TPSA) is 94.5 Å². The molecule has 0 saturated carbocycles. The van der Waals surface area contributed by atoms with Gasteiger partial charge in [-0.2, -0.15) is 0 Å². The molecule has 232 valence electrons. The summed E-state index contributed by atoms with van der Waals surface area (Å²) in [6.07, 6.45) is 5.94. The molecule has 1 unspecified atom stereocenters. The van der Waals surface area contributed by atoms with E-state index < -0.39 is 24.7 Å². The summed E-state index contributed by atoms with van der Waals surface area (Å²) < 4.78 is 36.2. The van der Waals surface area contributed by atoms with E-state index >= 15 is 0 Å². The van der Waals surface area contributed by atoms with Crippen molar-refractivity contribution >= 4 is 5.97 Å². The molecule has 0 saturated heterocycles. The highest BCUT2D eigenvalue weighted by Gasteiger charge is 2.12. The number of halogens is 1. The van der Waals surface area contributed by atoms with Crippen LogP contribution in [0.1, 0.15) is 51.5 Å². The fourth-order valence-electron chi connectivity index (χ4n) is 4.54. The van der Waals surface area contributed by atoms with Gasteiger partial charge >= 0.3 is 5.97 Å². The van der Waals surface area contributed by atoms with Gasteiger partial charge in [-0.3, -0.25) is 0 Å². The van der Waals surface area contributed by atoms with Crippen LogP contribution >= 0.6 is 0 Å². The number of hydrogen-bond donors (Lipinski definition) is 2. The lowest BCUT2D eigenvalue weighted by molar-refractivity contribution is -0.140. The Balaban J connectivity index is 1.72. The molecule has 0 aliphatic rings. The highest BCUT2D eigenvalue weighted by atomic mass is 19.1. The van der Waals surface area contributed by atoms with Crippen LogP contribution in [-0.4, -0.2) is 55.5 Å². The summed E-state index contributed by atoms with van der Waals surface area (Å²) in [4.78, 5) is 11.6. The Bertz CT molecular complexity index is 1300. The highest BCUT2D eigenvalue weighted by molar-refractivity contribution is 5.87. The van der Waals surface area contributed by atoms with Gasteiger partial charge in [0.1, 0.15) is 25.6 Å². The van der Waals surface area contributed by atoms with Crippen molar-refractivity contribution in [3.8, 4) is 33.8 Å². The van der Waals surface area contributed by atoms with Gasteiger partial charge in [-0.1, -0.05) is 75.6 Å². The van der Waals surface area contributed by atoms with Gasteiger partial charge in [0.05, 0.1) is 18.8 Å². The SMILES string of the molecule is C=C(CO)C(=O)OCCOc1ccc(-c2ccc(-c3ccc(OCCOC(C)O)cc3)c(CCCCCCC)c2)cc1F. The van der Waals surface area contributed by atoms with Crippen molar-refractivity contribution in [2.75, 3.05) is 33.0 Å². The second kappa shape index (κ2) is 18.1. The first-order chi connectivity index (χ1) is 20.8. The summed E-state index contributed by atoms with van der Waals surface area (Å²) in [6, 6.07) is 19.0. The number of unbranched alkanes of at least 4 members (excludes halogenated alkanes) is 4. The van der Waals surface area contributed by atoms with Gasteiger partial charge in [-0.25, -0.2) is 9.18 Å². The summed E-state index contributed by atoms with van der Waals surface area (Å²) in [5.74, 6) is -0.436. The van der Waals surface area contributed by atoms with Crippen LogP contribution < -0.4 is 9.47 Å². The minimum atomic E-state index is -0.819. The van der Waals surface area contributed by atoms with E-state index in [-0.39, 0.29) is 24.5 Å². The van der Waals surface area contributed by atoms with Crippen LogP contribution in [-0.2, 0) is 20.7 Å². The molecule has 3 aromatic rings. The molecular weight excluding hydrogens is 551 g/mol. The molecule has 2 N–H and O–H groups in total. The second-order valence-electron chi connectivity index (χ2n) is 10.3. The lowest BCUT2D eigenvalue weighted by atomic mass is 9.92. The predicted octanol–water partition coefficient (Wildman–Crippen LogP) is 6.88. The van der Waals surface area contributed by atoms with Gasteiger partial charge in [-0.05, 0) is 71.8 Å². The van der Waals surface area contributed by atoms with Gasteiger partial charge < -0.3 is 29.2 Å². The summed E-state index contributed by atoms with van der Waals surface area (Å²) in [5, 5.41) is 18.1. The monoisotopic (exact) mass is 594 g/mol. The van der Waals surface area contributed by atoms with Crippen LogP contribution in [0.5, 0.6) is 11.5 Å². The zero-order valence-corrected chi connectivity index (χ0v) is 25.1. The number of aliphatic hydroxyl groups is 2. The summed E-state index contributed by atoms with van der Waals surface area (Å²) in [6.45, 7) is 7.20. The molecule has 0 spiro atoms. The lowest BCUT2D eigenvalue weighted by Gasteiger charge is -2.15. The molecule has 1 atom stereocenters. The molecule has 43 heavy (non-hydrogen) atoms. The molecule has 8 heteroatoms. The third-order valence-electron chi connectivity index (χ3n) is 6.85. The molecule has 3 rings (SSSR count). The Labute approximate surface area is 253 Å². The number of rotatable bonds is 19. The number of hydrogen-bond acceptors (Lipinski definition) is 7. The van der Waals surface area contributed by atoms with E-state index in [1.54, 1.807) is 13.0 Å². The lowest BCUT2D eigenvalue weighted by Crippen LogP contribution is -2.15. The fourth-order valence-corrected chi connectivity index (χ4v) is 4.54. The van der Waals surface area contributed by atoms with E-state index in [1.807, 2.05) is 36.4 Å². The smallest absolute Gasteiger partial charge is 0.335 e. The van der Waals surface area contributed by atoms with Crippen LogP contribution in [0, 0.1) is 5.82 Å². The Kier molecular flexibility index (Phi) is 14.2. The maximum Gasteiger partial charge on any atom is 0.335 e. The number of carbonyl (C=O) groups is 1. The standard InChI is InChI=1S/C35H43FO7/c1-4-5-6-7-8-9-30-22-28(12-16-32(30)27-10-14-31(15-11-27)41-19-18-40-26(3)38)29-13-17-34(33(36)23-29)42-20-21-43-35(39)25(2)24-37/h10-17,22-23,26,37-38H,2,4-9,18-21,24H2,1,3H3. The van der Waals surface area contributed by atoms with Gasteiger partial charge in [-0.15, -0.1) is 0 Å². The first kappa shape index (κ1) is 33.8. The van der Waals surface area contributed by atoms with E-state index in [1.165, 1.54) is 30.9 Å². The zero-order valence-electron chi connectivity index (χ0n) is 25.1. The summed E-state index contributed by atoms with van der Waals surface area (Å²) in [7, 11) is 0. The molecular formula is C35H43FO7. The minimum Gasteiger partial charge on any atom is -0.491 e. The zero-order chi connectivity index (χ0) is 31.0. The van der Waals surface area contributed by atoms with Crippen molar-refractivity contribution in [1.29, 1.82) is 0 Å². The Morgan fingerprint density at radius 1 is 0.860 bits per heavy atom. The Morgan fingerprint density at radius 2 is 1.53 bits per heavy atom. The van der Waals surface area contributed by atoms with Crippen molar-refractivity contribution in [3.05, 3.63) is 84.2 Å². The average Bonchev–Trinajstić information content (AvgIpc) is 3.01. The van der Waals surface area contributed by atoms with Crippen molar-refractivity contribution < 1.29 is 38.3 Å². The quantitative estimate of drug-likeness (QED) is 0.0677. The highest BCUT2D eigenvalue weighted by Crippen LogP contribution is 2.33. The predicted molar refractivity (Wildman–Crippen MR) is 166 cm³/mol. The van der Waals surface area contributed by atoms with E-state index in [2.05, 4.69) is 25.6 Å². The summed E-state index contributed by atoms with van der Waals surface area (Å²) >= 11 is 0. The largest absolute Gasteiger partial charge is 0.491 e. The maximum absolute atomic E-state index is 14.9. The number of aliphatic hydroxyl groups excluding tert-OH is 2. The van der Waals surface area contributed by atoms with Crippen molar-refractivity contribution in [3.63, 3.8) is 0 Å². The molecule has 0 amide bonds. The Morgan fingerprint density at radius 3 is 2.23 bits per heavy atom. The minimum absolute atomic E-state index is 0.0307. The van der Waals surface area contributed by atoms with Gasteiger partial charge in [0.2, 0.25) is 0 Å². The average molecular weight is 595 g/mol. The number of aryl methyl sites for hydroxylation is 1. The van der Waals surface area contributed by atoms with Crippen LogP contribution in [0.25, 0.3) is 22.3 Å². The third kappa shape index (κ3) is 11.1. The number of ether oxygens (including phenoxy) is 4. The Hall–Kier alpha value is -3.72. The first-order valence-electron chi connectivity index (χ1n) is 14.9. The van der Waals surface area contributed by atoms with Crippen LogP contribution in [0.3, 0.4) is 0 Å². The summed E-state index contributed by atoms with van der Waals surface area (Å²) in [5.41, 5.74) is 4.98. The van der Waals surface area contributed by atoms with Gasteiger partial charge in [0, 0.05) is 0 Å². The van der Waals surface area contributed by atoms with Crippen LogP contribution in [0.15, 0.2) is 72.8 Å². The molecule has 0 bridgehead atoms.